The first-order valence-corrected chi connectivity index (χ1v) is 4.59. The molecule has 2 N–H and O–H groups in total. The lowest BCUT2D eigenvalue weighted by molar-refractivity contribution is 0.0590. The molecule has 0 aliphatic rings. The molecule has 0 fully saturated rings. The van der Waals surface area contributed by atoms with Crippen molar-refractivity contribution in [2.24, 2.45) is 7.05 Å². The van der Waals surface area contributed by atoms with Crippen LogP contribution in [-0.4, -0.2) is 22.8 Å². The SMILES string of the molecule is COC(=O)c1ccc(-c2oncc2N)n1C. The van der Waals surface area contributed by atoms with Gasteiger partial charge in [0, 0.05) is 7.05 Å². The summed E-state index contributed by atoms with van der Waals surface area (Å²) in [6, 6.07) is 3.37. The Bertz CT molecular complexity index is 527. The average molecular weight is 221 g/mol. The number of carbonyl (C=O) groups is 1. The van der Waals surface area contributed by atoms with Gasteiger partial charge < -0.3 is 19.6 Å². The van der Waals surface area contributed by atoms with E-state index in [0.717, 1.165) is 0 Å². The molecule has 16 heavy (non-hydrogen) atoms. The molecule has 0 spiro atoms. The molecule has 6 heteroatoms. The monoisotopic (exact) mass is 221 g/mol. The van der Waals surface area contributed by atoms with Crippen LogP contribution < -0.4 is 5.73 Å². The Morgan fingerprint density at radius 2 is 2.31 bits per heavy atom. The van der Waals surface area contributed by atoms with Gasteiger partial charge in [-0.25, -0.2) is 4.79 Å². The lowest BCUT2D eigenvalue weighted by Crippen LogP contribution is -2.08. The minimum atomic E-state index is -0.410. The van der Waals surface area contributed by atoms with Gasteiger partial charge in [0.05, 0.1) is 19.0 Å². The molecule has 84 valence electrons. The maximum atomic E-state index is 11.4. The van der Waals surface area contributed by atoms with Crippen molar-refractivity contribution >= 4 is 11.7 Å². The number of nitrogen functional groups attached to an aromatic ring is 1. The van der Waals surface area contributed by atoms with Gasteiger partial charge in [-0.2, -0.15) is 0 Å². The summed E-state index contributed by atoms with van der Waals surface area (Å²) >= 11 is 0. The van der Waals surface area contributed by atoms with E-state index in [0.29, 0.717) is 22.8 Å². The summed E-state index contributed by atoms with van der Waals surface area (Å²) in [7, 11) is 3.06. The van der Waals surface area contributed by atoms with E-state index < -0.39 is 5.97 Å². The van der Waals surface area contributed by atoms with E-state index in [1.807, 2.05) is 0 Å². The Balaban J connectivity index is 2.49. The number of carbonyl (C=O) groups excluding carboxylic acids is 1. The topological polar surface area (TPSA) is 83.3 Å². The number of esters is 1. The zero-order valence-corrected chi connectivity index (χ0v) is 8.93. The van der Waals surface area contributed by atoms with Crippen LogP contribution in [0.3, 0.4) is 0 Å². The van der Waals surface area contributed by atoms with Crippen molar-refractivity contribution in [1.29, 1.82) is 0 Å². The lowest BCUT2D eigenvalue weighted by Gasteiger charge is -2.04. The smallest absolute Gasteiger partial charge is 0.354 e. The molecule has 0 aliphatic carbocycles. The summed E-state index contributed by atoms with van der Waals surface area (Å²) in [6.07, 6.45) is 1.42. The molecule has 0 aromatic carbocycles. The van der Waals surface area contributed by atoms with E-state index in [1.165, 1.54) is 13.3 Å². The van der Waals surface area contributed by atoms with Crippen LogP contribution >= 0.6 is 0 Å². The molecule has 2 aromatic rings. The largest absolute Gasteiger partial charge is 0.464 e. The Morgan fingerprint density at radius 1 is 1.56 bits per heavy atom. The second-order valence-electron chi connectivity index (χ2n) is 3.26. The number of hydrogen-bond acceptors (Lipinski definition) is 5. The average Bonchev–Trinajstić information content (AvgIpc) is 2.84. The van der Waals surface area contributed by atoms with E-state index in [4.69, 9.17) is 10.3 Å². The van der Waals surface area contributed by atoms with E-state index in [-0.39, 0.29) is 0 Å². The van der Waals surface area contributed by atoms with Crippen LogP contribution in [0, 0.1) is 0 Å². The van der Waals surface area contributed by atoms with Crippen LogP contribution in [0.2, 0.25) is 0 Å². The lowest BCUT2D eigenvalue weighted by atomic mass is 10.3. The highest BCUT2D eigenvalue weighted by atomic mass is 16.5. The molecular formula is C10H11N3O3. The molecular weight excluding hydrogens is 210 g/mol. The van der Waals surface area contributed by atoms with Gasteiger partial charge in [-0.3, -0.25) is 0 Å². The third-order valence-corrected chi connectivity index (χ3v) is 2.35. The van der Waals surface area contributed by atoms with Gasteiger partial charge in [0.25, 0.3) is 0 Å². The van der Waals surface area contributed by atoms with Crippen molar-refractivity contribution in [3.05, 3.63) is 24.0 Å². The van der Waals surface area contributed by atoms with Gasteiger partial charge in [-0.1, -0.05) is 5.16 Å². The van der Waals surface area contributed by atoms with Crippen LogP contribution in [0.4, 0.5) is 5.69 Å². The maximum Gasteiger partial charge on any atom is 0.354 e. The van der Waals surface area contributed by atoms with E-state index in [9.17, 15) is 4.79 Å². The molecule has 6 nitrogen and oxygen atoms in total. The van der Waals surface area contributed by atoms with Crippen molar-refractivity contribution in [2.75, 3.05) is 12.8 Å². The van der Waals surface area contributed by atoms with Gasteiger partial charge in [0.15, 0.2) is 0 Å². The molecule has 0 unspecified atom stereocenters. The second kappa shape index (κ2) is 3.73. The number of methoxy groups -OCH3 is 1. The molecule has 2 heterocycles. The van der Waals surface area contributed by atoms with Crippen molar-refractivity contribution < 1.29 is 14.1 Å². The highest BCUT2D eigenvalue weighted by Gasteiger charge is 2.17. The summed E-state index contributed by atoms with van der Waals surface area (Å²) in [6.45, 7) is 0. The minimum Gasteiger partial charge on any atom is -0.464 e. The van der Waals surface area contributed by atoms with Crippen molar-refractivity contribution in [2.45, 2.75) is 0 Å². The first kappa shape index (κ1) is 10.3. The Morgan fingerprint density at radius 3 is 2.88 bits per heavy atom. The number of nitrogens with zero attached hydrogens (tertiary/aromatic N) is 2. The Hall–Kier alpha value is -2.24. The quantitative estimate of drug-likeness (QED) is 0.766. The fourth-order valence-corrected chi connectivity index (χ4v) is 1.49. The molecule has 2 aromatic heterocycles. The van der Waals surface area contributed by atoms with E-state index in [2.05, 4.69) is 9.89 Å². The van der Waals surface area contributed by atoms with Gasteiger partial charge in [-0.05, 0) is 12.1 Å². The maximum absolute atomic E-state index is 11.4. The normalized spacial score (nSPS) is 10.4. The standard InChI is InChI=1S/C10H11N3O3/c1-13-7(9-6(11)5-12-16-9)3-4-8(13)10(14)15-2/h3-5H,11H2,1-2H3. The predicted molar refractivity (Wildman–Crippen MR) is 56.7 cm³/mol. The third-order valence-electron chi connectivity index (χ3n) is 2.35. The van der Waals surface area contributed by atoms with E-state index in [1.54, 1.807) is 23.7 Å². The highest BCUT2D eigenvalue weighted by molar-refractivity contribution is 5.89. The summed E-state index contributed by atoms with van der Waals surface area (Å²) < 4.78 is 11.3. The summed E-state index contributed by atoms with van der Waals surface area (Å²) in [5.41, 5.74) is 7.20. The van der Waals surface area contributed by atoms with Crippen LogP contribution in [0.25, 0.3) is 11.5 Å². The van der Waals surface area contributed by atoms with Crippen molar-refractivity contribution in [1.82, 2.24) is 9.72 Å². The van der Waals surface area contributed by atoms with Crippen LogP contribution in [-0.2, 0) is 11.8 Å². The highest BCUT2D eigenvalue weighted by Crippen LogP contribution is 2.26. The van der Waals surface area contributed by atoms with Crippen molar-refractivity contribution in [3.63, 3.8) is 0 Å². The zero-order valence-electron chi connectivity index (χ0n) is 8.93. The first-order valence-electron chi connectivity index (χ1n) is 4.59. The number of aromatic nitrogens is 2. The Labute approximate surface area is 91.6 Å². The summed E-state index contributed by atoms with van der Waals surface area (Å²) in [5.74, 6) is 0.0319. The molecule has 0 amide bonds. The van der Waals surface area contributed by atoms with Gasteiger partial charge >= 0.3 is 5.97 Å². The zero-order chi connectivity index (χ0) is 11.7. The van der Waals surface area contributed by atoms with Gasteiger partial charge in [0.1, 0.15) is 11.4 Å². The predicted octanol–water partition coefficient (Wildman–Crippen LogP) is 1.05. The second-order valence-corrected chi connectivity index (χ2v) is 3.26. The third kappa shape index (κ3) is 1.44. The fourth-order valence-electron chi connectivity index (χ4n) is 1.49. The molecule has 0 saturated heterocycles. The molecule has 0 aliphatic heterocycles. The van der Waals surface area contributed by atoms with Crippen LogP contribution in [0.15, 0.2) is 22.9 Å². The molecule has 0 radical (unpaired) electrons. The molecule has 0 atom stereocenters. The molecule has 0 bridgehead atoms. The number of rotatable bonds is 2. The van der Waals surface area contributed by atoms with E-state index >= 15 is 0 Å². The van der Waals surface area contributed by atoms with Gasteiger partial charge in [0.2, 0.25) is 5.76 Å². The minimum absolute atomic E-state index is 0.410. The molecule has 2 rings (SSSR count). The number of nitrogens with two attached hydrogens (primary N) is 1. The number of hydrogen-bond donors (Lipinski definition) is 1. The number of anilines is 1. The van der Waals surface area contributed by atoms with Crippen LogP contribution in [0.1, 0.15) is 10.5 Å². The Kier molecular flexibility index (Phi) is 2.40. The molecule has 0 saturated carbocycles. The van der Waals surface area contributed by atoms with Crippen molar-refractivity contribution in [3.8, 4) is 11.5 Å². The number of ether oxygens (including phenoxy) is 1. The summed E-state index contributed by atoms with van der Waals surface area (Å²) in [4.78, 5) is 11.4. The first-order chi connectivity index (χ1) is 7.65. The van der Waals surface area contributed by atoms with Crippen LogP contribution in [0.5, 0.6) is 0 Å². The van der Waals surface area contributed by atoms with Gasteiger partial charge in [-0.15, -0.1) is 0 Å². The summed E-state index contributed by atoms with van der Waals surface area (Å²) in [5, 5.41) is 3.58. The fraction of sp³-hybridized carbons (Fsp3) is 0.200.